The van der Waals surface area contributed by atoms with E-state index in [2.05, 4.69) is 32.1 Å². The molecule has 0 saturated heterocycles. The summed E-state index contributed by atoms with van der Waals surface area (Å²) in [4.78, 5) is 14.7. The number of rotatable bonds is 2. The van der Waals surface area contributed by atoms with Crippen LogP contribution in [0.15, 0.2) is 48.5 Å². The molecule has 4 rings (SSSR count). The van der Waals surface area contributed by atoms with Crippen LogP contribution in [-0.2, 0) is 6.42 Å². The van der Waals surface area contributed by atoms with Crippen molar-refractivity contribution in [2.24, 2.45) is 0 Å². The molecule has 0 aliphatic rings. The van der Waals surface area contributed by atoms with Gasteiger partial charge in [-0.25, -0.2) is 15.0 Å². The second-order valence-electron chi connectivity index (χ2n) is 4.65. The molecule has 2 aromatic heterocycles. The summed E-state index contributed by atoms with van der Waals surface area (Å²) in [7, 11) is 0. The fourth-order valence-electron chi connectivity index (χ4n) is 2.40. The minimum absolute atomic E-state index is 0.739. The van der Waals surface area contributed by atoms with Gasteiger partial charge in [0.05, 0.1) is 11.0 Å². The van der Waals surface area contributed by atoms with Gasteiger partial charge in [-0.1, -0.05) is 24.3 Å². The third-order valence-corrected chi connectivity index (χ3v) is 3.28. The monoisotopic (exact) mass is 249 g/mol. The molecule has 0 fully saturated rings. The fourth-order valence-corrected chi connectivity index (χ4v) is 2.40. The maximum atomic E-state index is 4.58. The van der Waals surface area contributed by atoms with Crippen LogP contribution in [0, 0.1) is 0 Å². The zero-order chi connectivity index (χ0) is 12.7. The van der Waals surface area contributed by atoms with Gasteiger partial charge < -0.3 is 4.98 Å². The molecule has 92 valence electrons. The highest BCUT2D eigenvalue weighted by Gasteiger charge is 2.12. The minimum Gasteiger partial charge on any atom is -0.341 e. The quantitative estimate of drug-likeness (QED) is 0.563. The van der Waals surface area contributed by atoms with Crippen molar-refractivity contribution in [3.05, 3.63) is 60.2 Å². The van der Waals surface area contributed by atoms with E-state index < -0.39 is 0 Å². The van der Waals surface area contributed by atoms with Crippen LogP contribution in [0.5, 0.6) is 0 Å². The Kier molecular flexibility index (Phi) is 2.14. The molecule has 0 aliphatic carbocycles. The van der Waals surface area contributed by atoms with Crippen molar-refractivity contribution in [1.29, 1.82) is 0 Å². The van der Waals surface area contributed by atoms with Crippen LogP contribution in [0.1, 0.15) is 11.6 Å². The van der Waals surface area contributed by atoms with E-state index in [1.165, 1.54) is 0 Å². The SMILES string of the molecule is c1ccc2[nH]c(Cc3[nH]c4ccccc4[nH+]3)nc2c1. The summed E-state index contributed by atoms with van der Waals surface area (Å²) in [6.45, 7) is 0. The molecule has 0 atom stereocenters. The zero-order valence-electron chi connectivity index (χ0n) is 10.3. The number of H-pyrrole nitrogens is 3. The molecule has 0 amide bonds. The van der Waals surface area contributed by atoms with Crippen LogP contribution < -0.4 is 4.98 Å². The third-order valence-electron chi connectivity index (χ3n) is 3.28. The van der Waals surface area contributed by atoms with Gasteiger partial charge in [-0.15, -0.1) is 0 Å². The predicted molar refractivity (Wildman–Crippen MR) is 73.8 cm³/mol. The standard InChI is InChI=1S/C15H12N4/c1-2-6-11-10(5-1)16-14(17-11)9-15-18-12-7-3-4-8-13(12)19-15/h1-8H,9H2,(H,16,17)(H,18,19)/p+1. The smallest absolute Gasteiger partial charge is 0.260 e. The second kappa shape index (κ2) is 3.95. The number of para-hydroxylation sites is 4. The van der Waals surface area contributed by atoms with Gasteiger partial charge in [-0.2, -0.15) is 0 Å². The molecule has 0 unspecified atom stereocenters. The molecule has 0 saturated carbocycles. The molecule has 3 N–H and O–H groups in total. The molecule has 0 spiro atoms. The minimum atomic E-state index is 0.739. The van der Waals surface area contributed by atoms with Crippen molar-refractivity contribution in [2.45, 2.75) is 6.42 Å². The van der Waals surface area contributed by atoms with E-state index in [1.807, 2.05) is 36.4 Å². The highest BCUT2D eigenvalue weighted by atomic mass is 15.0. The van der Waals surface area contributed by atoms with Gasteiger partial charge in [-0.05, 0) is 24.3 Å². The highest BCUT2D eigenvalue weighted by Crippen LogP contribution is 2.13. The molecule has 0 bridgehead atoms. The molecule has 19 heavy (non-hydrogen) atoms. The average molecular weight is 249 g/mol. The number of hydrogen-bond acceptors (Lipinski definition) is 1. The first kappa shape index (κ1) is 10.3. The van der Waals surface area contributed by atoms with Crippen molar-refractivity contribution in [3.8, 4) is 0 Å². The molecule has 0 radical (unpaired) electrons. The lowest BCUT2D eigenvalue weighted by Gasteiger charge is -1.86. The summed E-state index contributed by atoms with van der Waals surface area (Å²) < 4.78 is 0. The Bertz CT molecular complexity index is 718. The Morgan fingerprint density at radius 1 is 0.895 bits per heavy atom. The Morgan fingerprint density at radius 2 is 1.68 bits per heavy atom. The molecular weight excluding hydrogens is 236 g/mol. The lowest BCUT2D eigenvalue weighted by Crippen LogP contribution is -2.08. The topological polar surface area (TPSA) is 58.6 Å². The Hall–Kier alpha value is -2.62. The Morgan fingerprint density at radius 3 is 2.53 bits per heavy atom. The predicted octanol–water partition coefficient (Wildman–Crippen LogP) is 2.45. The first-order valence-electron chi connectivity index (χ1n) is 6.31. The van der Waals surface area contributed by atoms with E-state index in [1.54, 1.807) is 0 Å². The maximum absolute atomic E-state index is 4.58. The number of hydrogen-bond donors (Lipinski definition) is 2. The van der Waals surface area contributed by atoms with Crippen LogP contribution in [0.3, 0.4) is 0 Å². The lowest BCUT2D eigenvalue weighted by molar-refractivity contribution is -0.356. The van der Waals surface area contributed by atoms with Gasteiger partial charge in [0.25, 0.3) is 5.82 Å². The van der Waals surface area contributed by atoms with Gasteiger partial charge in [0.1, 0.15) is 12.2 Å². The summed E-state index contributed by atoms with van der Waals surface area (Å²) in [6.07, 6.45) is 0.739. The van der Waals surface area contributed by atoms with Crippen LogP contribution in [0.4, 0.5) is 0 Å². The van der Waals surface area contributed by atoms with E-state index in [4.69, 9.17) is 0 Å². The zero-order valence-corrected chi connectivity index (χ0v) is 10.3. The molecule has 2 heterocycles. The third kappa shape index (κ3) is 1.78. The number of nitrogens with one attached hydrogen (secondary N) is 3. The van der Waals surface area contributed by atoms with E-state index in [9.17, 15) is 0 Å². The summed E-state index contributed by atoms with van der Waals surface area (Å²) >= 11 is 0. The lowest BCUT2D eigenvalue weighted by atomic mass is 10.3. The van der Waals surface area contributed by atoms with Crippen molar-refractivity contribution in [3.63, 3.8) is 0 Å². The number of aromatic amines is 3. The summed E-state index contributed by atoms with van der Waals surface area (Å²) in [5.41, 5.74) is 4.32. The number of imidazole rings is 2. The van der Waals surface area contributed by atoms with Gasteiger partial charge >= 0.3 is 0 Å². The number of aromatic nitrogens is 4. The second-order valence-corrected chi connectivity index (χ2v) is 4.65. The number of fused-ring (bicyclic) bond motifs is 2. The molecule has 4 nitrogen and oxygen atoms in total. The van der Waals surface area contributed by atoms with E-state index >= 15 is 0 Å². The number of benzene rings is 2. The van der Waals surface area contributed by atoms with Gasteiger partial charge in [0, 0.05) is 0 Å². The first-order valence-corrected chi connectivity index (χ1v) is 6.31. The average Bonchev–Trinajstić information content (AvgIpc) is 3.00. The van der Waals surface area contributed by atoms with Crippen molar-refractivity contribution >= 4 is 22.1 Å². The largest absolute Gasteiger partial charge is 0.341 e. The van der Waals surface area contributed by atoms with Crippen LogP contribution in [0.25, 0.3) is 22.1 Å². The van der Waals surface area contributed by atoms with Crippen LogP contribution >= 0.6 is 0 Å². The highest BCUT2D eigenvalue weighted by molar-refractivity contribution is 5.75. The van der Waals surface area contributed by atoms with Gasteiger partial charge in [0.15, 0.2) is 11.0 Å². The van der Waals surface area contributed by atoms with Crippen molar-refractivity contribution in [1.82, 2.24) is 15.0 Å². The van der Waals surface area contributed by atoms with Crippen molar-refractivity contribution < 1.29 is 4.98 Å². The van der Waals surface area contributed by atoms with E-state index in [-0.39, 0.29) is 0 Å². The maximum Gasteiger partial charge on any atom is 0.260 e. The molecule has 4 aromatic rings. The van der Waals surface area contributed by atoms with Crippen LogP contribution in [0.2, 0.25) is 0 Å². The first-order chi connectivity index (χ1) is 9.38. The molecule has 2 aromatic carbocycles. The van der Waals surface area contributed by atoms with E-state index in [0.29, 0.717) is 0 Å². The van der Waals surface area contributed by atoms with Crippen LogP contribution in [-0.4, -0.2) is 15.0 Å². The van der Waals surface area contributed by atoms with E-state index in [0.717, 1.165) is 40.1 Å². The Balaban J connectivity index is 1.73. The summed E-state index contributed by atoms with van der Waals surface area (Å²) in [6, 6.07) is 16.3. The molecule has 0 aliphatic heterocycles. The normalized spacial score (nSPS) is 11.4. The summed E-state index contributed by atoms with van der Waals surface area (Å²) in [5.74, 6) is 2.02. The molecule has 4 heteroatoms. The summed E-state index contributed by atoms with van der Waals surface area (Å²) in [5, 5.41) is 0. The van der Waals surface area contributed by atoms with Crippen molar-refractivity contribution in [2.75, 3.05) is 0 Å². The number of nitrogens with zero attached hydrogens (tertiary/aromatic N) is 1. The molecular formula is C15H13N4+. The van der Waals surface area contributed by atoms with Gasteiger partial charge in [0.2, 0.25) is 0 Å². The van der Waals surface area contributed by atoms with Gasteiger partial charge in [-0.3, -0.25) is 0 Å². The fraction of sp³-hybridized carbons (Fsp3) is 0.0667. The Labute approximate surface area is 109 Å².